The van der Waals surface area contributed by atoms with Gasteiger partial charge in [-0.15, -0.1) is 0 Å². The summed E-state index contributed by atoms with van der Waals surface area (Å²) in [6, 6.07) is 0.0274. The molecule has 4 N–H and O–H groups in total. The van der Waals surface area contributed by atoms with E-state index in [1.54, 1.807) is 6.20 Å². The van der Waals surface area contributed by atoms with E-state index in [2.05, 4.69) is 25.0 Å². The number of nitrogens with two attached hydrogens (primary N) is 1. The Bertz CT molecular complexity index is 937. The minimum Gasteiger partial charge on any atom is -0.351 e. The molecule has 28 heavy (non-hydrogen) atoms. The van der Waals surface area contributed by atoms with Crippen molar-refractivity contribution in [3.05, 3.63) is 24.0 Å². The molecule has 3 rings (SSSR count). The van der Waals surface area contributed by atoms with Crippen molar-refractivity contribution < 1.29 is 12.8 Å². The molecule has 1 aliphatic carbocycles. The van der Waals surface area contributed by atoms with Gasteiger partial charge in [0.05, 0.1) is 18.1 Å². The third kappa shape index (κ3) is 4.83. The van der Waals surface area contributed by atoms with Crippen molar-refractivity contribution in [3.8, 4) is 11.4 Å². The number of aromatic nitrogens is 4. The molecular weight excluding hydrogens is 385 g/mol. The second kappa shape index (κ2) is 8.10. The Hall–Kier alpha value is -2.11. The van der Waals surface area contributed by atoms with Crippen LogP contribution in [0.5, 0.6) is 0 Å². The molecule has 2 aromatic heterocycles. The van der Waals surface area contributed by atoms with Crippen molar-refractivity contribution in [2.45, 2.75) is 64.6 Å². The van der Waals surface area contributed by atoms with Crippen LogP contribution in [0.1, 0.15) is 51.4 Å². The topological polar surface area (TPSA) is 128 Å². The number of nitrogens with zero attached hydrogens (tertiary/aromatic N) is 4. The molecule has 2 aromatic rings. The lowest BCUT2D eigenvalue weighted by Gasteiger charge is -2.29. The van der Waals surface area contributed by atoms with E-state index in [4.69, 9.17) is 5.14 Å². The van der Waals surface area contributed by atoms with Crippen LogP contribution in [0.15, 0.2) is 12.4 Å². The van der Waals surface area contributed by atoms with Crippen LogP contribution in [0.25, 0.3) is 11.4 Å². The summed E-state index contributed by atoms with van der Waals surface area (Å²) in [7, 11) is -3.70. The summed E-state index contributed by atoms with van der Waals surface area (Å²) in [5.41, 5.74) is 0.813. The van der Waals surface area contributed by atoms with Gasteiger partial charge in [-0.3, -0.25) is 0 Å². The molecule has 0 aliphatic heterocycles. The van der Waals surface area contributed by atoms with Crippen LogP contribution in [0.4, 0.5) is 10.3 Å². The van der Waals surface area contributed by atoms with E-state index in [0.717, 1.165) is 24.9 Å². The highest BCUT2D eigenvalue weighted by molar-refractivity contribution is 7.87. The molecule has 154 valence electrons. The predicted molar refractivity (Wildman–Crippen MR) is 104 cm³/mol. The molecule has 0 saturated heterocycles. The third-order valence-electron chi connectivity index (χ3n) is 4.88. The van der Waals surface area contributed by atoms with E-state index in [-0.39, 0.29) is 23.8 Å². The molecule has 0 bridgehead atoms. The highest BCUT2D eigenvalue weighted by atomic mass is 32.2. The third-order valence-corrected chi connectivity index (χ3v) is 5.54. The lowest BCUT2D eigenvalue weighted by molar-refractivity contribution is 0.386. The Balaban J connectivity index is 1.73. The van der Waals surface area contributed by atoms with Gasteiger partial charge in [-0.2, -0.15) is 13.1 Å². The summed E-state index contributed by atoms with van der Waals surface area (Å²) in [4.78, 5) is 12.7. The first kappa shape index (κ1) is 20.6. The largest absolute Gasteiger partial charge is 0.351 e. The second-order valence-corrected chi connectivity index (χ2v) is 8.73. The van der Waals surface area contributed by atoms with Crippen molar-refractivity contribution in [1.29, 1.82) is 0 Å². The lowest BCUT2D eigenvalue weighted by atomic mass is 9.92. The number of imidazole rings is 1. The summed E-state index contributed by atoms with van der Waals surface area (Å²) < 4.78 is 41.1. The Morgan fingerprint density at radius 1 is 1.18 bits per heavy atom. The van der Waals surface area contributed by atoms with Crippen LogP contribution >= 0.6 is 0 Å². The first-order chi connectivity index (χ1) is 13.1. The van der Waals surface area contributed by atoms with Crippen LogP contribution in [-0.2, 0) is 10.2 Å². The molecule has 1 saturated carbocycles. The Morgan fingerprint density at radius 2 is 1.82 bits per heavy atom. The molecular formula is C17H26FN7O2S. The number of nitrogens with one attached hydrogen (secondary N) is 2. The minimum absolute atomic E-state index is 0.0774. The van der Waals surface area contributed by atoms with Crippen LogP contribution in [0.3, 0.4) is 0 Å². The Morgan fingerprint density at radius 3 is 2.43 bits per heavy atom. The van der Waals surface area contributed by atoms with Crippen molar-refractivity contribution >= 4 is 16.2 Å². The molecule has 0 atom stereocenters. The first-order valence-corrected chi connectivity index (χ1v) is 10.8. The van der Waals surface area contributed by atoms with Gasteiger partial charge >= 0.3 is 0 Å². The van der Waals surface area contributed by atoms with Gasteiger partial charge in [0.15, 0.2) is 5.82 Å². The van der Waals surface area contributed by atoms with Gasteiger partial charge in [-0.1, -0.05) is 0 Å². The summed E-state index contributed by atoms with van der Waals surface area (Å²) >= 11 is 0. The zero-order valence-electron chi connectivity index (χ0n) is 16.2. The summed E-state index contributed by atoms with van der Waals surface area (Å²) in [6.07, 6.45) is 5.54. The predicted octanol–water partition coefficient (Wildman–Crippen LogP) is 1.88. The molecule has 9 nitrogen and oxygen atoms in total. The number of anilines is 1. The molecule has 2 heterocycles. The zero-order chi connectivity index (χ0) is 20.5. The van der Waals surface area contributed by atoms with Crippen molar-refractivity contribution in [2.75, 3.05) is 5.32 Å². The van der Waals surface area contributed by atoms with Crippen molar-refractivity contribution in [1.82, 2.24) is 24.2 Å². The van der Waals surface area contributed by atoms with E-state index < -0.39 is 16.0 Å². The number of rotatable bonds is 6. The van der Waals surface area contributed by atoms with E-state index in [0.29, 0.717) is 24.5 Å². The number of hydrogen-bond donors (Lipinski definition) is 3. The Kier molecular flexibility index (Phi) is 5.96. The molecule has 0 unspecified atom stereocenters. The molecule has 0 radical (unpaired) electrons. The minimum atomic E-state index is -3.70. The maximum absolute atomic E-state index is 14.4. The lowest BCUT2D eigenvalue weighted by Crippen LogP contribution is -2.43. The van der Waals surface area contributed by atoms with E-state index in [1.165, 1.54) is 0 Å². The van der Waals surface area contributed by atoms with Gasteiger partial charge in [0.1, 0.15) is 11.5 Å². The highest BCUT2D eigenvalue weighted by Gasteiger charge is 2.24. The summed E-state index contributed by atoms with van der Waals surface area (Å²) in [5, 5.41) is 8.26. The monoisotopic (exact) mass is 411 g/mol. The molecule has 11 heteroatoms. The standard InChI is InChI=1S/C17H26FN7O2S/c1-10(2)25-11(3)20-9-15(25)16-14(18)8-21-17(23-16)22-12-4-6-13(7-5-12)24-28(19,26)27/h8-10,12-13,24H,4-7H2,1-3H3,(H2,19,26,27)(H,21,22,23). The Labute approximate surface area is 164 Å². The maximum Gasteiger partial charge on any atom is 0.274 e. The fraction of sp³-hybridized carbons (Fsp3) is 0.588. The van der Waals surface area contributed by atoms with Gasteiger partial charge in [0.25, 0.3) is 10.2 Å². The SMILES string of the molecule is Cc1ncc(-c2nc(NC3CCC(NS(N)(=O)=O)CC3)ncc2F)n1C(C)C. The highest BCUT2D eigenvalue weighted by Crippen LogP contribution is 2.27. The van der Waals surface area contributed by atoms with Gasteiger partial charge in [0.2, 0.25) is 5.95 Å². The van der Waals surface area contributed by atoms with Gasteiger partial charge < -0.3 is 9.88 Å². The normalized spacial score (nSPS) is 20.5. The van der Waals surface area contributed by atoms with E-state index >= 15 is 0 Å². The number of halogens is 1. The quantitative estimate of drug-likeness (QED) is 0.666. The summed E-state index contributed by atoms with van der Waals surface area (Å²) in [6.45, 7) is 5.88. The van der Waals surface area contributed by atoms with Gasteiger partial charge in [-0.05, 0) is 46.5 Å². The molecule has 0 spiro atoms. The molecule has 0 amide bonds. The van der Waals surface area contributed by atoms with E-state index in [9.17, 15) is 12.8 Å². The van der Waals surface area contributed by atoms with Crippen LogP contribution in [0.2, 0.25) is 0 Å². The summed E-state index contributed by atoms with van der Waals surface area (Å²) in [5.74, 6) is 0.625. The van der Waals surface area contributed by atoms with Crippen LogP contribution < -0.4 is 15.2 Å². The fourth-order valence-corrected chi connectivity index (χ4v) is 4.37. The van der Waals surface area contributed by atoms with Crippen LogP contribution in [0, 0.1) is 12.7 Å². The van der Waals surface area contributed by atoms with Gasteiger partial charge in [0, 0.05) is 18.1 Å². The maximum atomic E-state index is 14.4. The number of aryl methyl sites for hydroxylation is 1. The average molecular weight is 412 g/mol. The number of hydrogen-bond acceptors (Lipinski definition) is 6. The van der Waals surface area contributed by atoms with Crippen molar-refractivity contribution in [3.63, 3.8) is 0 Å². The zero-order valence-corrected chi connectivity index (χ0v) is 17.0. The fourth-order valence-electron chi connectivity index (χ4n) is 3.67. The molecule has 0 aromatic carbocycles. The first-order valence-electron chi connectivity index (χ1n) is 9.27. The average Bonchev–Trinajstić information content (AvgIpc) is 2.98. The van der Waals surface area contributed by atoms with E-state index in [1.807, 2.05) is 25.3 Å². The molecule has 1 fully saturated rings. The smallest absolute Gasteiger partial charge is 0.274 e. The molecule has 1 aliphatic rings. The second-order valence-electron chi connectivity index (χ2n) is 7.40. The van der Waals surface area contributed by atoms with Gasteiger partial charge in [-0.25, -0.2) is 24.5 Å². The van der Waals surface area contributed by atoms with Crippen LogP contribution in [-0.4, -0.2) is 40.0 Å². The van der Waals surface area contributed by atoms with Crippen molar-refractivity contribution in [2.24, 2.45) is 5.14 Å².